The topological polar surface area (TPSA) is 31.4 Å². The molecule has 0 spiro atoms. The van der Waals surface area contributed by atoms with Crippen LogP contribution in [-0.4, -0.2) is 24.3 Å². The molecule has 1 aromatic heterocycles. The summed E-state index contributed by atoms with van der Waals surface area (Å²) in [5, 5.41) is 0.936. The largest absolute Gasteiger partial charge is 0.462 e. The average molecular weight is 237 g/mol. The Morgan fingerprint density at radius 1 is 1.91 bits per heavy atom. The molecule has 0 atom stereocenters. The van der Waals surface area contributed by atoms with Crippen LogP contribution in [0.25, 0.3) is 0 Å². The minimum Gasteiger partial charge on any atom is -0.462 e. The van der Waals surface area contributed by atoms with Crippen LogP contribution >= 0.6 is 27.3 Å². The van der Waals surface area contributed by atoms with Crippen LogP contribution in [0.5, 0.6) is 5.19 Å². The smallest absolute Gasteiger partial charge is 0.274 e. The third-order valence-corrected chi connectivity index (χ3v) is 2.58. The Balaban J connectivity index is 2.02. The molecule has 11 heavy (non-hydrogen) atoms. The van der Waals surface area contributed by atoms with Crippen molar-refractivity contribution in [2.45, 2.75) is 6.10 Å². The van der Waals surface area contributed by atoms with Gasteiger partial charge in [0.1, 0.15) is 10.7 Å². The fraction of sp³-hybridized carbons (Fsp3) is 0.500. The molecule has 0 aliphatic carbocycles. The minimum absolute atomic E-state index is 0.127. The number of aromatic nitrogens is 1. The summed E-state index contributed by atoms with van der Waals surface area (Å²) in [5.74, 6) is 0. The van der Waals surface area contributed by atoms with Gasteiger partial charge in [0, 0.05) is 5.36 Å². The number of hydrogen-bond donors (Lipinski definition) is 0. The van der Waals surface area contributed by atoms with Gasteiger partial charge in [0.15, 0.2) is 0 Å². The van der Waals surface area contributed by atoms with E-state index in [0.29, 0.717) is 28.4 Å². The van der Waals surface area contributed by atoms with Gasteiger partial charge in [0.05, 0.1) is 14.6 Å². The van der Waals surface area contributed by atoms with E-state index >= 15 is 0 Å². The lowest BCUT2D eigenvalue weighted by atomic mass is 10.3. The second kappa shape index (κ2) is 3.08. The summed E-state index contributed by atoms with van der Waals surface area (Å²) in [4.78, 5) is 4.00. The Kier molecular flexibility index (Phi) is 1.79. The first-order chi connectivity index (χ1) is 5.75. The third kappa shape index (κ3) is 1.72. The van der Waals surface area contributed by atoms with Gasteiger partial charge >= 0.3 is 0 Å². The second-order valence-electron chi connectivity index (χ2n) is 2.15. The van der Waals surface area contributed by atoms with Crippen molar-refractivity contribution in [3.05, 3.63) is 9.96 Å². The van der Waals surface area contributed by atoms with Crippen molar-refractivity contribution in [1.29, 1.82) is 0 Å². The van der Waals surface area contributed by atoms with Crippen LogP contribution in [0, 0.1) is 0 Å². The van der Waals surface area contributed by atoms with Crippen LogP contribution in [-0.2, 0) is 4.74 Å². The molecule has 0 unspecified atom stereocenters. The summed E-state index contributed by atoms with van der Waals surface area (Å²) in [6, 6.07) is 0. The van der Waals surface area contributed by atoms with Crippen LogP contribution in [0.15, 0.2) is 9.96 Å². The van der Waals surface area contributed by atoms with E-state index in [4.69, 9.17) is 10.8 Å². The summed E-state index contributed by atoms with van der Waals surface area (Å²) in [7, 11) is 0. The monoisotopic (exact) mass is 236 g/mol. The summed E-state index contributed by atoms with van der Waals surface area (Å²) >= 11 is 4.37. The summed E-state index contributed by atoms with van der Waals surface area (Å²) < 4.78 is 18.2. The highest BCUT2D eigenvalue weighted by molar-refractivity contribution is 9.10. The molecule has 2 rings (SSSR count). The van der Waals surface area contributed by atoms with E-state index in [1.807, 2.05) is 0 Å². The molecule has 1 fully saturated rings. The van der Waals surface area contributed by atoms with E-state index < -0.39 is 0 Å². The Morgan fingerprint density at radius 3 is 3.18 bits per heavy atom. The van der Waals surface area contributed by atoms with Gasteiger partial charge in [-0.05, 0) is 15.9 Å². The summed E-state index contributed by atoms with van der Waals surface area (Å²) in [6.45, 7) is 1.26. The number of hydrogen-bond acceptors (Lipinski definition) is 4. The average Bonchev–Trinajstić information content (AvgIpc) is 2.24. The molecule has 2 heterocycles. The van der Waals surface area contributed by atoms with E-state index in [1.54, 1.807) is 0 Å². The van der Waals surface area contributed by atoms with E-state index in [1.165, 1.54) is 11.3 Å². The number of ether oxygens (including phenoxy) is 2. The number of halogens is 1. The predicted octanol–water partition coefficient (Wildman–Crippen LogP) is 1.68. The lowest BCUT2D eigenvalue weighted by molar-refractivity contribution is -0.0797. The lowest BCUT2D eigenvalue weighted by Crippen LogP contribution is -2.38. The van der Waals surface area contributed by atoms with E-state index in [9.17, 15) is 0 Å². The first-order valence-corrected chi connectivity index (χ1v) is 4.74. The maximum absolute atomic E-state index is 7.36. The van der Waals surface area contributed by atoms with Crippen molar-refractivity contribution in [3.8, 4) is 5.19 Å². The van der Waals surface area contributed by atoms with E-state index in [-0.39, 0.29) is 6.10 Å². The molecule has 3 nitrogen and oxygen atoms in total. The molecule has 60 valence electrons. The molecule has 1 aliphatic rings. The zero-order valence-corrected chi connectivity index (χ0v) is 7.94. The van der Waals surface area contributed by atoms with E-state index in [0.717, 1.165) is 0 Å². The standard InChI is InChI=1S/C6H6BrNO2S/c7-5-3-11-6(8-5)10-4-1-9-2-4/h3-4H,1-2H2/i3D. The molecule has 1 aromatic rings. The normalized spacial score (nSPS) is 19.2. The van der Waals surface area contributed by atoms with Crippen molar-refractivity contribution in [2.75, 3.05) is 13.2 Å². The molecule has 0 bridgehead atoms. The van der Waals surface area contributed by atoms with Gasteiger partial charge in [-0.25, -0.2) is 0 Å². The highest BCUT2D eigenvalue weighted by atomic mass is 79.9. The van der Waals surface area contributed by atoms with Crippen LogP contribution in [0.4, 0.5) is 0 Å². The molecule has 0 saturated carbocycles. The molecular formula is C6H6BrNO2S. The van der Waals surface area contributed by atoms with Gasteiger partial charge in [-0.2, -0.15) is 4.98 Å². The molecule has 1 aliphatic heterocycles. The molecule has 1 saturated heterocycles. The van der Waals surface area contributed by atoms with Crippen LogP contribution in [0.1, 0.15) is 1.37 Å². The zero-order valence-electron chi connectivity index (χ0n) is 6.54. The van der Waals surface area contributed by atoms with Crippen molar-refractivity contribution in [1.82, 2.24) is 4.98 Å². The fourth-order valence-corrected chi connectivity index (χ4v) is 1.75. The number of thiazole rings is 1. The van der Waals surface area contributed by atoms with Gasteiger partial charge in [-0.15, -0.1) is 0 Å². The maximum Gasteiger partial charge on any atom is 0.274 e. The summed E-state index contributed by atoms with van der Waals surface area (Å²) in [6.07, 6.45) is 0.127. The van der Waals surface area contributed by atoms with Gasteiger partial charge in [-0.3, -0.25) is 0 Å². The first kappa shape index (κ1) is 6.39. The molecule has 5 heteroatoms. The second-order valence-corrected chi connectivity index (χ2v) is 3.66. The van der Waals surface area contributed by atoms with Crippen molar-refractivity contribution >= 4 is 27.3 Å². The van der Waals surface area contributed by atoms with Crippen molar-refractivity contribution in [3.63, 3.8) is 0 Å². The molecule has 0 radical (unpaired) electrons. The van der Waals surface area contributed by atoms with Crippen LogP contribution in [0.3, 0.4) is 0 Å². The lowest BCUT2D eigenvalue weighted by Gasteiger charge is -2.25. The van der Waals surface area contributed by atoms with Crippen LogP contribution < -0.4 is 4.74 Å². The van der Waals surface area contributed by atoms with Crippen LogP contribution in [0.2, 0.25) is 0 Å². The Morgan fingerprint density at radius 2 is 2.73 bits per heavy atom. The first-order valence-electron chi connectivity index (χ1n) is 3.63. The van der Waals surface area contributed by atoms with E-state index in [2.05, 4.69) is 20.9 Å². The van der Waals surface area contributed by atoms with Crippen molar-refractivity contribution < 1.29 is 10.8 Å². The summed E-state index contributed by atoms with van der Waals surface area (Å²) in [5.41, 5.74) is 0. The molecule has 0 aromatic carbocycles. The minimum atomic E-state index is 0.127. The quantitative estimate of drug-likeness (QED) is 0.784. The fourth-order valence-electron chi connectivity index (χ4n) is 0.687. The zero-order chi connectivity index (χ0) is 8.55. The van der Waals surface area contributed by atoms with Crippen molar-refractivity contribution in [2.24, 2.45) is 0 Å². The Bertz CT molecular complexity index is 270. The molecule has 0 N–H and O–H groups in total. The Labute approximate surface area is 77.9 Å². The number of nitrogens with zero attached hydrogens (tertiary/aromatic N) is 1. The predicted molar refractivity (Wildman–Crippen MR) is 45.0 cm³/mol. The van der Waals surface area contributed by atoms with Gasteiger partial charge in [0.2, 0.25) is 0 Å². The molecule has 0 amide bonds. The number of rotatable bonds is 2. The van der Waals surface area contributed by atoms with Gasteiger partial charge < -0.3 is 9.47 Å². The Hall–Kier alpha value is -0.130. The maximum atomic E-state index is 7.36. The van der Waals surface area contributed by atoms with Gasteiger partial charge in [-0.1, -0.05) is 11.3 Å². The highest BCUT2D eigenvalue weighted by Crippen LogP contribution is 2.23. The van der Waals surface area contributed by atoms with Gasteiger partial charge in [0.25, 0.3) is 5.19 Å². The SMILES string of the molecule is [2H]c1sc(OC2COC2)nc1Br. The molecular weight excluding hydrogens is 230 g/mol. The third-order valence-electron chi connectivity index (χ3n) is 1.29. The highest BCUT2D eigenvalue weighted by Gasteiger charge is 2.21.